The van der Waals surface area contributed by atoms with Gasteiger partial charge in [-0.15, -0.1) is 0 Å². The van der Waals surface area contributed by atoms with E-state index < -0.39 is 0 Å². The van der Waals surface area contributed by atoms with Crippen LogP contribution < -0.4 is 0 Å². The van der Waals surface area contributed by atoms with Gasteiger partial charge in [0.2, 0.25) is 0 Å². The molecule has 0 aliphatic heterocycles. The third-order valence-corrected chi connectivity index (χ3v) is 2.39. The van der Waals surface area contributed by atoms with Gasteiger partial charge in [0, 0.05) is 6.20 Å². The predicted molar refractivity (Wildman–Crippen MR) is 45.5 cm³/mol. The van der Waals surface area contributed by atoms with Crippen LogP contribution in [0.3, 0.4) is 0 Å². The molecule has 0 saturated heterocycles. The van der Waals surface area contributed by atoms with E-state index in [0.29, 0.717) is 5.69 Å². The van der Waals surface area contributed by atoms with Crippen LogP contribution in [0.1, 0.15) is 24.1 Å². The summed E-state index contributed by atoms with van der Waals surface area (Å²) in [6, 6.07) is 7.71. The first-order valence-corrected chi connectivity index (χ1v) is 4.09. The van der Waals surface area contributed by atoms with Gasteiger partial charge in [-0.2, -0.15) is 10.5 Å². The van der Waals surface area contributed by atoms with Gasteiger partial charge in [0.15, 0.2) is 0 Å². The molecule has 0 atom stereocenters. The van der Waals surface area contributed by atoms with Crippen molar-refractivity contribution in [2.24, 2.45) is 0 Å². The maximum atomic E-state index is 8.89. The Bertz CT molecular complexity index is 401. The Kier molecular flexibility index (Phi) is 1.53. The molecule has 1 aliphatic rings. The monoisotopic (exact) mass is 169 g/mol. The minimum absolute atomic E-state index is 0.291. The molecule has 0 spiro atoms. The van der Waals surface area contributed by atoms with Crippen molar-refractivity contribution in [2.75, 3.05) is 0 Å². The van der Waals surface area contributed by atoms with Gasteiger partial charge >= 0.3 is 0 Å². The molecule has 1 heterocycles. The molecule has 1 aromatic heterocycles. The van der Waals surface area contributed by atoms with Crippen LogP contribution in [-0.2, 0) is 5.41 Å². The van der Waals surface area contributed by atoms with Crippen molar-refractivity contribution in [3.05, 3.63) is 29.6 Å². The number of hydrogen-bond donors (Lipinski definition) is 0. The van der Waals surface area contributed by atoms with E-state index in [0.717, 1.165) is 18.4 Å². The Labute approximate surface area is 76.3 Å². The topological polar surface area (TPSA) is 60.5 Å². The van der Waals surface area contributed by atoms with Gasteiger partial charge in [-0.05, 0) is 24.5 Å². The van der Waals surface area contributed by atoms with Crippen molar-refractivity contribution in [2.45, 2.75) is 18.3 Å². The summed E-state index contributed by atoms with van der Waals surface area (Å²) >= 11 is 0. The molecule has 13 heavy (non-hydrogen) atoms. The fraction of sp³-hybridized carbons (Fsp3) is 0.300. The molecule has 2 rings (SSSR count). The summed E-state index contributed by atoms with van der Waals surface area (Å²) in [4.78, 5) is 3.94. The van der Waals surface area contributed by atoms with Crippen LogP contribution in [0.2, 0.25) is 0 Å². The second-order valence-electron chi connectivity index (χ2n) is 3.24. The molecule has 0 aromatic carbocycles. The zero-order chi connectivity index (χ0) is 9.31. The highest BCUT2D eigenvalue weighted by Crippen LogP contribution is 2.47. The van der Waals surface area contributed by atoms with Crippen molar-refractivity contribution in [1.82, 2.24) is 4.98 Å². The molecule has 62 valence electrons. The lowest BCUT2D eigenvalue weighted by Crippen LogP contribution is -2.02. The maximum Gasteiger partial charge on any atom is 0.140 e. The summed E-state index contributed by atoms with van der Waals surface area (Å²) in [5.41, 5.74) is 1.05. The number of hydrogen-bond acceptors (Lipinski definition) is 3. The average molecular weight is 169 g/mol. The Morgan fingerprint density at radius 2 is 2.08 bits per heavy atom. The summed E-state index contributed by atoms with van der Waals surface area (Å²) in [5, 5.41) is 17.4. The second-order valence-corrected chi connectivity index (χ2v) is 3.24. The van der Waals surface area contributed by atoms with Crippen LogP contribution in [-0.4, -0.2) is 4.98 Å². The molecule has 3 heteroatoms. The molecule has 0 amide bonds. The normalized spacial score (nSPS) is 17.1. The lowest BCUT2D eigenvalue weighted by molar-refractivity contribution is 0.895. The fourth-order valence-electron chi connectivity index (χ4n) is 1.33. The smallest absolute Gasteiger partial charge is 0.140 e. The lowest BCUT2D eigenvalue weighted by atomic mass is 10.00. The van der Waals surface area contributed by atoms with Crippen molar-refractivity contribution < 1.29 is 0 Å². The Hall–Kier alpha value is -1.87. The van der Waals surface area contributed by atoms with Crippen LogP contribution in [0, 0.1) is 22.7 Å². The minimum Gasteiger partial charge on any atom is -0.245 e. The van der Waals surface area contributed by atoms with Crippen molar-refractivity contribution >= 4 is 0 Å². The zero-order valence-electron chi connectivity index (χ0n) is 6.99. The Morgan fingerprint density at radius 1 is 1.31 bits per heavy atom. The molecule has 3 nitrogen and oxygen atoms in total. The number of nitriles is 2. The standard InChI is InChI=1S/C10H7N3/c11-5-9-2-1-8(6-13-9)10(7-12)3-4-10/h1-2,6H,3-4H2. The van der Waals surface area contributed by atoms with E-state index in [9.17, 15) is 0 Å². The lowest BCUT2D eigenvalue weighted by Gasteiger charge is -2.03. The zero-order valence-corrected chi connectivity index (χ0v) is 6.99. The van der Waals surface area contributed by atoms with E-state index in [2.05, 4.69) is 11.1 Å². The van der Waals surface area contributed by atoms with E-state index in [1.807, 2.05) is 12.1 Å². The highest BCUT2D eigenvalue weighted by Gasteiger charge is 2.45. The molecule has 0 bridgehead atoms. The molecule has 1 aromatic rings. The summed E-state index contributed by atoms with van der Waals surface area (Å²) in [5.74, 6) is 0. The van der Waals surface area contributed by atoms with Crippen LogP contribution >= 0.6 is 0 Å². The molecular weight excluding hydrogens is 162 g/mol. The van der Waals surface area contributed by atoms with Gasteiger partial charge in [-0.1, -0.05) is 6.07 Å². The SMILES string of the molecule is N#Cc1ccc(C2(C#N)CC2)cn1. The predicted octanol–water partition coefficient (Wildman–Crippen LogP) is 1.51. The van der Waals surface area contributed by atoms with Crippen molar-refractivity contribution in [1.29, 1.82) is 10.5 Å². The van der Waals surface area contributed by atoms with E-state index in [-0.39, 0.29) is 5.41 Å². The Balaban J connectivity index is 2.36. The van der Waals surface area contributed by atoms with Crippen LogP contribution in [0.15, 0.2) is 18.3 Å². The third kappa shape index (κ3) is 1.15. The van der Waals surface area contributed by atoms with Gasteiger partial charge in [0.25, 0.3) is 0 Å². The summed E-state index contributed by atoms with van der Waals surface area (Å²) in [6.45, 7) is 0. The highest BCUT2D eigenvalue weighted by atomic mass is 14.7. The van der Waals surface area contributed by atoms with Gasteiger partial charge < -0.3 is 0 Å². The average Bonchev–Trinajstić information content (AvgIpc) is 2.99. The number of nitrogens with zero attached hydrogens (tertiary/aromatic N) is 3. The third-order valence-electron chi connectivity index (χ3n) is 2.39. The van der Waals surface area contributed by atoms with Gasteiger partial charge in [0.05, 0.1) is 11.5 Å². The largest absolute Gasteiger partial charge is 0.245 e. The van der Waals surface area contributed by atoms with Crippen LogP contribution in [0.5, 0.6) is 0 Å². The first kappa shape index (κ1) is 7.76. The van der Waals surface area contributed by atoms with E-state index >= 15 is 0 Å². The van der Waals surface area contributed by atoms with Gasteiger partial charge in [-0.25, -0.2) is 4.98 Å². The first-order chi connectivity index (χ1) is 6.30. The summed E-state index contributed by atoms with van der Waals surface area (Å²) < 4.78 is 0. The van der Waals surface area contributed by atoms with E-state index in [4.69, 9.17) is 10.5 Å². The number of rotatable bonds is 1. The van der Waals surface area contributed by atoms with Gasteiger partial charge in [-0.3, -0.25) is 0 Å². The molecule has 0 radical (unpaired) electrons. The van der Waals surface area contributed by atoms with Crippen LogP contribution in [0.25, 0.3) is 0 Å². The molecule has 0 unspecified atom stereocenters. The second kappa shape index (κ2) is 2.57. The highest BCUT2D eigenvalue weighted by molar-refractivity contribution is 5.38. The van der Waals surface area contributed by atoms with Crippen molar-refractivity contribution in [3.8, 4) is 12.1 Å². The molecule has 0 N–H and O–H groups in total. The molecule has 1 fully saturated rings. The molecular formula is C10H7N3. The van der Waals surface area contributed by atoms with Crippen LogP contribution in [0.4, 0.5) is 0 Å². The van der Waals surface area contributed by atoms with Gasteiger partial charge in [0.1, 0.15) is 11.8 Å². The molecule has 1 aliphatic carbocycles. The summed E-state index contributed by atoms with van der Waals surface area (Å²) in [7, 11) is 0. The van der Waals surface area contributed by atoms with E-state index in [1.165, 1.54) is 0 Å². The molecule has 1 saturated carbocycles. The minimum atomic E-state index is -0.291. The maximum absolute atomic E-state index is 8.89. The van der Waals surface area contributed by atoms with E-state index in [1.54, 1.807) is 12.3 Å². The number of aromatic nitrogens is 1. The summed E-state index contributed by atoms with van der Waals surface area (Å²) in [6.07, 6.45) is 3.46. The van der Waals surface area contributed by atoms with Crippen molar-refractivity contribution in [3.63, 3.8) is 0 Å². The first-order valence-electron chi connectivity index (χ1n) is 4.09. The Morgan fingerprint density at radius 3 is 2.46 bits per heavy atom. The quantitative estimate of drug-likeness (QED) is 0.640. The fourth-order valence-corrected chi connectivity index (χ4v) is 1.33. The number of pyridine rings is 1.